The molecule has 0 aliphatic carbocycles. The fraction of sp³-hybridized carbons (Fsp3) is 0.400. The second kappa shape index (κ2) is 6.36. The third-order valence-electron chi connectivity index (χ3n) is 3.09. The van der Waals surface area contributed by atoms with E-state index in [1.54, 1.807) is 6.20 Å². The quantitative estimate of drug-likeness (QED) is 0.818. The minimum Gasteiger partial charge on any atom is -0.305 e. The van der Waals surface area contributed by atoms with Crippen LogP contribution in [0.2, 0.25) is 0 Å². The molecule has 1 atom stereocenters. The number of aromatic amines is 1. The third kappa shape index (κ3) is 2.99. The maximum atomic E-state index is 4.03. The number of hydrogen-bond acceptors (Lipinski definition) is 2. The zero-order valence-corrected chi connectivity index (χ0v) is 11.1. The largest absolute Gasteiger partial charge is 0.305 e. The number of aryl methyl sites for hydroxylation is 1. The highest BCUT2D eigenvalue weighted by Gasteiger charge is 2.13. The number of benzene rings is 1. The van der Waals surface area contributed by atoms with E-state index in [-0.39, 0.29) is 6.04 Å². The normalized spacial score (nSPS) is 12.6. The second-order valence-electron chi connectivity index (χ2n) is 4.49. The number of H-pyrrole nitrogens is 1. The van der Waals surface area contributed by atoms with Crippen LogP contribution in [0.3, 0.4) is 0 Å². The van der Waals surface area contributed by atoms with E-state index in [9.17, 15) is 0 Å². The summed E-state index contributed by atoms with van der Waals surface area (Å²) in [5, 5.41) is 10.6. The topological polar surface area (TPSA) is 40.7 Å². The zero-order valence-electron chi connectivity index (χ0n) is 11.1. The van der Waals surface area contributed by atoms with Gasteiger partial charge in [-0.1, -0.05) is 44.5 Å². The maximum absolute atomic E-state index is 4.03. The van der Waals surface area contributed by atoms with Crippen molar-refractivity contribution in [2.45, 2.75) is 32.7 Å². The van der Waals surface area contributed by atoms with Crippen LogP contribution in [-0.4, -0.2) is 16.7 Å². The lowest BCUT2D eigenvalue weighted by Gasteiger charge is -2.17. The van der Waals surface area contributed by atoms with Gasteiger partial charge in [-0.2, -0.15) is 5.10 Å². The molecule has 0 bridgehead atoms. The Morgan fingerprint density at radius 2 is 1.94 bits per heavy atom. The Balaban J connectivity index is 2.20. The van der Waals surface area contributed by atoms with Gasteiger partial charge in [-0.3, -0.25) is 5.10 Å². The van der Waals surface area contributed by atoms with E-state index in [1.807, 2.05) is 6.07 Å². The van der Waals surface area contributed by atoms with Gasteiger partial charge in [0.1, 0.15) is 0 Å². The molecule has 3 heteroatoms. The molecule has 1 unspecified atom stereocenters. The molecule has 0 saturated heterocycles. The van der Waals surface area contributed by atoms with E-state index in [2.05, 4.69) is 53.6 Å². The fourth-order valence-electron chi connectivity index (χ4n) is 2.20. The van der Waals surface area contributed by atoms with Crippen LogP contribution in [0.5, 0.6) is 0 Å². The van der Waals surface area contributed by atoms with E-state index in [0.29, 0.717) is 0 Å². The van der Waals surface area contributed by atoms with Crippen molar-refractivity contribution in [3.8, 4) is 0 Å². The Morgan fingerprint density at radius 3 is 2.50 bits per heavy atom. The van der Waals surface area contributed by atoms with E-state index < -0.39 is 0 Å². The Kier molecular flexibility index (Phi) is 4.53. The molecule has 0 radical (unpaired) electrons. The number of nitrogens with one attached hydrogen (secondary N) is 2. The van der Waals surface area contributed by atoms with Gasteiger partial charge in [0.15, 0.2) is 0 Å². The summed E-state index contributed by atoms with van der Waals surface area (Å²) < 4.78 is 0. The predicted octanol–water partition coefficient (Wildman–Crippen LogP) is 3.06. The second-order valence-corrected chi connectivity index (χ2v) is 4.49. The Hall–Kier alpha value is -1.61. The van der Waals surface area contributed by atoms with Crippen molar-refractivity contribution >= 4 is 0 Å². The molecule has 3 nitrogen and oxygen atoms in total. The molecule has 0 amide bonds. The van der Waals surface area contributed by atoms with Gasteiger partial charge in [0, 0.05) is 6.20 Å². The Bertz CT molecular complexity index is 445. The lowest BCUT2D eigenvalue weighted by molar-refractivity contribution is 0.613. The van der Waals surface area contributed by atoms with Gasteiger partial charge in [-0.05, 0) is 30.2 Å². The molecule has 0 saturated carbocycles. The van der Waals surface area contributed by atoms with Gasteiger partial charge in [0.2, 0.25) is 0 Å². The van der Waals surface area contributed by atoms with Crippen molar-refractivity contribution in [3.05, 3.63) is 53.3 Å². The van der Waals surface area contributed by atoms with Gasteiger partial charge >= 0.3 is 0 Å². The van der Waals surface area contributed by atoms with Crippen LogP contribution in [0.25, 0.3) is 0 Å². The first-order chi connectivity index (χ1) is 8.85. The summed E-state index contributed by atoms with van der Waals surface area (Å²) in [4.78, 5) is 0. The van der Waals surface area contributed by atoms with E-state index in [0.717, 1.165) is 18.7 Å². The molecule has 0 fully saturated rings. The van der Waals surface area contributed by atoms with Crippen molar-refractivity contribution in [1.29, 1.82) is 0 Å². The molecule has 1 aromatic heterocycles. The molecule has 2 rings (SSSR count). The van der Waals surface area contributed by atoms with Crippen LogP contribution in [0.15, 0.2) is 36.5 Å². The summed E-state index contributed by atoms with van der Waals surface area (Å²) in [5.74, 6) is 0. The first-order valence-electron chi connectivity index (χ1n) is 6.66. The average Bonchev–Trinajstić information content (AvgIpc) is 2.91. The fourth-order valence-corrected chi connectivity index (χ4v) is 2.20. The number of aromatic nitrogens is 2. The first-order valence-corrected chi connectivity index (χ1v) is 6.66. The SMILES string of the molecule is CCCc1ccc(C(NCC)c2ccn[nH]2)cc1. The van der Waals surface area contributed by atoms with Gasteiger partial charge in [0.25, 0.3) is 0 Å². The van der Waals surface area contributed by atoms with Crippen molar-refractivity contribution < 1.29 is 0 Å². The summed E-state index contributed by atoms with van der Waals surface area (Å²) >= 11 is 0. The lowest BCUT2D eigenvalue weighted by Crippen LogP contribution is -2.22. The molecule has 2 N–H and O–H groups in total. The van der Waals surface area contributed by atoms with E-state index in [4.69, 9.17) is 0 Å². The number of rotatable bonds is 6. The van der Waals surface area contributed by atoms with Crippen LogP contribution in [-0.2, 0) is 6.42 Å². The molecule has 1 aromatic carbocycles. The summed E-state index contributed by atoms with van der Waals surface area (Å²) in [7, 11) is 0. The summed E-state index contributed by atoms with van der Waals surface area (Å²) in [6, 6.07) is 11.1. The van der Waals surface area contributed by atoms with Crippen LogP contribution in [0, 0.1) is 0 Å². The highest BCUT2D eigenvalue weighted by molar-refractivity contribution is 5.30. The zero-order chi connectivity index (χ0) is 12.8. The Labute approximate surface area is 109 Å². The number of hydrogen-bond donors (Lipinski definition) is 2. The van der Waals surface area contributed by atoms with E-state index >= 15 is 0 Å². The number of nitrogens with zero attached hydrogens (tertiary/aromatic N) is 1. The first kappa shape index (κ1) is 12.8. The maximum Gasteiger partial charge on any atom is 0.0745 e. The lowest BCUT2D eigenvalue weighted by atomic mass is 10.0. The predicted molar refractivity (Wildman–Crippen MR) is 74.5 cm³/mol. The minimum atomic E-state index is 0.202. The molecule has 96 valence electrons. The molecular weight excluding hydrogens is 222 g/mol. The van der Waals surface area contributed by atoms with Crippen molar-refractivity contribution in [2.75, 3.05) is 6.54 Å². The molecule has 0 aliphatic heterocycles. The van der Waals surface area contributed by atoms with Crippen LogP contribution < -0.4 is 5.32 Å². The average molecular weight is 243 g/mol. The highest BCUT2D eigenvalue weighted by Crippen LogP contribution is 2.20. The monoisotopic (exact) mass is 243 g/mol. The molecule has 0 aliphatic rings. The van der Waals surface area contributed by atoms with Gasteiger partial charge < -0.3 is 5.32 Å². The molecule has 18 heavy (non-hydrogen) atoms. The van der Waals surface area contributed by atoms with Crippen molar-refractivity contribution in [3.63, 3.8) is 0 Å². The van der Waals surface area contributed by atoms with Crippen LogP contribution >= 0.6 is 0 Å². The van der Waals surface area contributed by atoms with Crippen molar-refractivity contribution in [2.24, 2.45) is 0 Å². The van der Waals surface area contributed by atoms with Gasteiger partial charge in [-0.25, -0.2) is 0 Å². The minimum absolute atomic E-state index is 0.202. The van der Waals surface area contributed by atoms with Gasteiger partial charge in [-0.15, -0.1) is 0 Å². The highest BCUT2D eigenvalue weighted by atomic mass is 15.1. The summed E-state index contributed by atoms with van der Waals surface area (Å²) in [6.45, 7) is 5.26. The standard InChI is InChI=1S/C15H21N3/c1-3-5-12-6-8-13(9-7-12)15(16-4-2)14-10-11-17-18-14/h6-11,15-16H,3-5H2,1-2H3,(H,17,18). The molecule has 0 spiro atoms. The Morgan fingerprint density at radius 1 is 1.17 bits per heavy atom. The summed E-state index contributed by atoms with van der Waals surface area (Å²) in [5.41, 5.74) is 3.79. The smallest absolute Gasteiger partial charge is 0.0745 e. The van der Waals surface area contributed by atoms with Crippen LogP contribution in [0.1, 0.15) is 43.1 Å². The molecular formula is C15H21N3. The van der Waals surface area contributed by atoms with Crippen molar-refractivity contribution in [1.82, 2.24) is 15.5 Å². The molecule has 2 aromatic rings. The summed E-state index contributed by atoms with van der Waals surface area (Å²) in [6.07, 6.45) is 4.14. The van der Waals surface area contributed by atoms with Crippen LogP contribution in [0.4, 0.5) is 0 Å². The van der Waals surface area contributed by atoms with Gasteiger partial charge in [0.05, 0.1) is 11.7 Å². The van der Waals surface area contributed by atoms with E-state index in [1.165, 1.54) is 17.5 Å². The third-order valence-corrected chi connectivity index (χ3v) is 3.09. The molecule has 1 heterocycles.